The summed E-state index contributed by atoms with van der Waals surface area (Å²) in [6.07, 6.45) is 2.14. The second-order valence-electron chi connectivity index (χ2n) is 6.71. The van der Waals surface area contributed by atoms with E-state index in [4.69, 9.17) is 27.9 Å². The van der Waals surface area contributed by atoms with Gasteiger partial charge in [0.1, 0.15) is 11.6 Å². The largest absolute Gasteiger partial charge is 0.444 e. The van der Waals surface area contributed by atoms with Crippen LogP contribution in [-0.4, -0.2) is 11.9 Å². The molecule has 29 heavy (non-hydrogen) atoms. The summed E-state index contributed by atoms with van der Waals surface area (Å²) in [4.78, 5) is 26.7. The first kappa shape index (κ1) is 20.0. The number of carbonyl (C=O) groups is 2. The fourth-order valence-corrected chi connectivity index (χ4v) is 4.94. The van der Waals surface area contributed by atoms with Gasteiger partial charge in [-0.25, -0.2) is 4.79 Å². The number of anilines is 1. The number of nitrogens with one attached hydrogen (secondary N) is 1. The summed E-state index contributed by atoms with van der Waals surface area (Å²) in [7, 11) is 0. The fourth-order valence-electron chi connectivity index (χ4n) is 3.37. The number of ketones is 1. The number of halogens is 2. The van der Waals surface area contributed by atoms with E-state index in [0.29, 0.717) is 26.2 Å². The maximum absolute atomic E-state index is 13.2. The first-order valence-electron chi connectivity index (χ1n) is 9.15. The van der Waals surface area contributed by atoms with E-state index in [-0.39, 0.29) is 12.4 Å². The summed E-state index contributed by atoms with van der Waals surface area (Å²) < 4.78 is 5.31. The molecule has 4 rings (SSSR count). The van der Waals surface area contributed by atoms with Gasteiger partial charge in [-0.05, 0) is 48.6 Å². The Morgan fingerprint density at radius 1 is 1.03 bits per heavy atom. The smallest absolute Gasteiger partial charge is 0.412 e. The number of fused-ring (bicyclic) bond motifs is 1. The van der Waals surface area contributed by atoms with Crippen molar-refractivity contribution in [1.29, 1.82) is 0 Å². The lowest BCUT2D eigenvalue weighted by molar-refractivity contribution is 0.103. The van der Waals surface area contributed by atoms with Crippen LogP contribution in [0.15, 0.2) is 48.5 Å². The molecule has 0 spiro atoms. The van der Waals surface area contributed by atoms with Crippen molar-refractivity contribution in [3.8, 4) is 0 Å². The lowest BCUT2D eigenvalue weighted by Gasteiger charge is -2.09. The average molecular weight is 446 g/mol. The molecule has 0 atom stereocenters. The number of hydrogen-bond donors (Lipinski definition) is 1. The van der Waals surface area contributed by atoms with Gasteiger partial charge in [0, 0.05) is 10.4 Å². The summed E-state index contributed by atoms with van der Waals surface area (Å²) in [6, 6.07) is 14.2. The van der Waals surface area contributed by atoms with E-state index in [0.717, 1.165) is 35.3 Å². The Hall–Kier alpha value is -2.34. The highest BCUT2D eigenvalue weighted by molar-refractivity contribution is 7.17. The molecule has 0 unspecified atom stereocenters. The van der Waals surface area contributed by atoms with Crippen molar-refractivity contribution in [2.75, 3.05) is 5.32 Å². The van der Waals surface area contributed by atoms with Crippen molar-refractivity contribution in [3.63, 3.8) is 0 Å². The topological polar surface area (TPSA) is 55.4 Å². The second-order valence-corrected chi connectivity index (χ2v) is 8.63. The Balaban J connectivity index is 1.57. The SMILES string of the molecule is O=C(Nc1sc2c(c1C(=O)c1ccc(Cl)c(Cl)c1)CCC2)OCc1ccccc1. The molecule has 1 aliphatic carbocycles. The zero-order valence-corrected chi connectivity index (χ0v) is 17.7. The molecule has 148 valence electrons. The molecule has 7 heteroatoms. The van der Waals surface area contributed by atoms with Crippen molar-refractivity contribution < 1.29 is 14.3 Å². The number of ether oxygens (including phenoxy) is 1. The summed E-state index contributed by atoms with van der Waals surface area (Å²) in [6.45, 7) is 0.161. The van der Waals surface area contributed by atoms with Crippen molar-refractivity contribution in [3.05, 3.63) is 85.7 Å². The van der Waals surface area contributed by atoms with Gasteiger partial charge in [-0.1, -0.05) is 53.5 Å². The first-order chi connectivity index (χ1) is 14.0. The number of thiophene rings is 1. The van der Waals surface area contributed by atoms with Gasteiger partial charge in [0.15, 0.2) is 5.78 Å². The molecule has 0 bridgehead atoms. The first-order valence-corrected chi connectivity index (χ1v) is 10.7. The van der Waals surface area contributed by atoms with Gasteiger partial charge >= 0.3 is 6.09 Å². The minimum Gasteiger partial charge on any atom is -0.444 e. The molecule has 1 N–H and O–H groups in total. The van der Waals surface area contributed by atoms with Crippen LogP contribution in [0, 0.1) is 0 Å². The molecule has 4 nitrogen and oxygen atoms in total. The van der Waals surface area contributed by atoms with Gasteiger partial charge in [0.25, 0.3) is 0 Å². The third-order valence-corrected chi connectivity index (χ3v) is 6.70. The molecule has 0 fully saturated rings. The Bertz CT molecular complexity index is 1080. The quantitative estimate of drug-likeness (QED) is 0.454. The normalized spacial score (nSPS) is 12.5. The van der Waals surface area contributed by atoms with Crippen LogP contribution in [0.5, 0.6) is 0 Å². The molecule has 0 saturated heterocycles. The average Bonchev–Trinajstić information content (AvgIpc) is 3.29. The van der Waals surface area contributed by atoms with Gasteiger partial charge in [0.2, 0.25) is 0 Å². The molecule has 0 aliphatic heterocycles. The van der Waals surface area contributed by atoms with Crippen LogP contribution >= 0.6 is 34.5 Å². The Labute approximate surface area is 182 Å². The number of benzene rings is 2. The van der Waals surface area contributed by atoms with Crippen LogP contribution in [0.1, 0.15) is 38.3 Å². The zero-order chi connectivity index (χ0) is 20.4. The monoisotopic (exact) mass is 445 g/mol. The van der Waals surface area contributed by atoms with Crippen LogP contribution < -0.4 is 5.32 Å². The van der Waals surface area contributed by atoms with E-state index in [2.05, 4.69) is 5.32 Å². The molecule has 2 aromatic carbocycles. The summed E-state index contributed by atoms with van der Waals surface area (Å²) in [5.74, 6) is -0.179. The zero-order valence-electron chi connectivity index (χ0n) is 15.3. The van der Waals surface area contributed by atoms with E-state index in [9.17, 15) is 9.59 Å². The van der Waals surface area contributed by atoms with Crippen LogP contribution in [0.4, 0.5) is 9.80 Å². The summed E-state index contributed by atoms with van der Waals surface area (Å²) >= 11 is 13.5. The van der Waals surface area contributed by atoms with Crippen LogP contribution in [-0.2, 0) is 24.2 Å². The van der Waals surface area contributed by atoms with Crippen molar-refractivity contribution >= 4 is 51.4 Å². The van der Waals surface area contributed by atoms with E-state index >= 15 is 0 Å². The molecule has 1 aliphatic rings. The minimum absolute atomic E-state index is 0.161. The lowest BCUT2D eigenvalue weighted by Crippen LogP contribution is -2.15. The Morgan fingerprint density at radius 2 is 1.83 bits per heavy atom. The van der Waals surface area contributed by atoms with E-state index in [1.165, 1.54) is 11.3 Å². The van der Waals surface area contributed by atoms with Crippen molar-refractivity contribution in [2.24, 2.45) is 0 Å². The minimum atomic E-state index is -0.586. The highest BCUT2D eigenvalue weighted by atomic mass is 35.5. The highest BCUT2D eigenvalue weighted by Crippen LogP contribution is 2.40. The third kappa shape index (κ3) is 4.32. The van der Waals surface area contributed by atoms with E-state index in [1.54, 1.807) is 18.2 Å². The van der Waals surface area contributed by atoms with Gasteiger partial charge in [-0.2, -0.15) is 0 Å². The molecule has 0 radical (unpaired) electrons. The van der Waals surface area contributed by atoms with Gasteiger partial charge < -0.3 is 4.74 Å². The third-order valence-electron chi connectivity index (χ3n) is 4.76. The van der Waals surface area contributed by atoms with Crippen molar-refractivity contribution in [2.45, 2.75) is 25.9 Å². The molecule has 3 aromatic rings. The number of amides is 1. The number of rotatable bonds is 5. The van der Waals surface area contributed by atoms with Crippen molar-refractivity contribution in [1.82, 2.24) is 0 Å². The summed E-state index contributed by atoms with van der Waals surface area (Å²) in [5, 5.41) is 3.99. The maximum Gasteiger partial charge on any atom is 0.412 e. The molecule has 1 heterocycles. The van der Waals surface area contributed by atoms with Gasteiger partial charge in [-0.3, -0.25) is 10.1 Å². The molecule has 1 aromatic heterocycles. The predicted octanol–water partition coefficient (Wildman–Crippen LogP) is 6.52. The Kier molecular flexibility index (Phi) is 5.90. The predicted molar refractivity (Wildman–Crippen MR) is 116 cm³/mol. The van der Waals surface area contributed by atoms with E-state index in [1.807, 2.05) is 30.3 Å². The number of hydrogen-bond acceptors (Lipinski definition) is 4. The van der Waals surface area contributed by atoms with Gasteiger partial charge in [0.05, 0.1) is 15.6 Å². The molecule has 0 saturated carbocycles. The van der Waals surface area contributed by atoms with Gasteiger partial charge in [-0.15, -0.1) is 11.3 Å². The maximum atomic E-state index is 13.2. The number of carbonyl (C=O) groups excluding carboxylic acids is 2. The van der Waals surface area contributed by atoms with Crippen LogP contribution in [0.25, 0.3) is 0 Å². The second kappa shape index (κ2) is 8.57. The van der Waals surface area contributed by atoms with Crippen LogP contribution in [0.3, 0.4) is 0 Å². The summed E-state index contributed by atoms with van der Waals surface area (Å²) in [5.41, 5.74) is 2.86. The lowest BCUT2D eigenvalue weighted by atomic mass is 10.0. The standard InChI is InChI=1S/C22H17Cl2NO3S/c23-16-10-9-14(11-17(16)24)20(26)19-15-7-4-8-18(15)29-21(19)25-22(27)28-12-13-5-2-1-3-6-13/h1-3,5-6,9-11H,4,7-8,12H2,(H,25,27). The Morgan fingerprint density at radius 3 is 2.59 bits per heavy atom. The molecular weight excluding hydrogens is 429 g/mol. The van der Waals surface area contributed by atoms with Crippen LogP contribution in [0.2, 0.25) is 10.0 Å². The molecule has 1 amide bonds. The molecular formula is C22H17Cl2NO3S. The number of aryl methyl sites for hydroxylation is 1. The fraction of sp³-hybridized carbons (Fsp3) is 0.182. The van der Waals surface area contributed by atoms with E-state index < -0.39 is 6.09 Å². The highest BCUT2D eigenvalue weighted by Gasteiger charge is 2.28.